The van der Waals surface area contributed by atoms with Gasteiger partial charge in [0.05, 0.1) is 0 Å². The number of nitrogen functional groups attached to an aromatic ring is 1. The first-order valence-electron chi connectivity index (χ1n) is 3.53. The molecule has 0 unspecified atom stereocenters. The Bertz CT molecular complexity index is 294. The normalized spacial score (nSPS) is 8.45. The Morgan fingerprint density at radius 3 is 3.09 bits per heavy atom. The molecular weight excluding hydrogens is 136 g/mol. The zero-order valence-corrected chi connectivity index (χ0v) is 6.46. The first kappa shape index (κ1) is 7.62. The number of nitrogens with zero attached hydrogens (tertiary/aromatic N) is 1. The lowest BCUT2D eigenvalue weighted by atomic mass is 10.2. The van der Waals surface area contributed by atoms with Crippen LogP contribution in [0.3, 0.4) is 0 Å². The van der Waals surface area contributed by atoms with Crippen LogP contribution in [-0.4, -0.2) is 4.98 Å². The van der Waals surface area contributed by atoms with Crippen molar-refractivity contribution < 1.29 is 0 Å². The van der Waals surface area contributed by atoms with E-state index in [9.17, 15) is 0 Å². The van der Waals surface area contributed by atoms with E-state index in [4.69, 9.17) is 5.73 Å². The molecule has 0 saturated heterocycles. The maximum Gasteiger partial charge on any atom is 0.124 e. The molecule has 0 spiro atoms. The molecule has 0 saturated carbocycles. The average Bonchev–Trinajstić information content (AvgIpc) is 2.01. The van der Waals surface area contributed by atoms with Crippen molar-refractivity contribution >= 4 is 5.82 Å². The number of hydrogen-bond acceptors (Lipinski definition) is 2. The minimum absolute atomic E-state index is 0.521. The highest BCUT2D eigenvalue weighted by Crippen LogP contribution is 2.00. The van der Waals surface area contributed by atoms with Crippen molar-refractivity contribution in [1.82, 2.24) is 4.98 Å². The highest BCUT2D eigenvalue weighted by Gasteiger charge is 1.86. The van der Waals surface area contributed by atoms with Gasteiger partial charge in [-0.2, -0.15) is 0 Å². The lowest BCUT2D eigenvalue weighted by molar-refractivity contribution is 1.27. The monoisotopic (exact) mass is 146 g/mol. The number of aromatic nitrogens is 1. The molecule has 2 heteroatoms. The third kappa shape index (κ3) is 2.30. The minimum Gasteiger partial charge on any atom is -0.384 e. The summed E-state index contributed by atoms with van der Waals surface area (Å²) in [5.41, 5.74) is 6.38. The van der Waals surface area contributed by atoms with E-state index >= 15 is 0 Å². The van der Waals surface area contributed by atoms with Crippen molar-refractivity contribution in [3.63, 3.8) is 0 Å². The number of hydrogen-bond donors (Lipinski definition) is 1. The van der Waals surface area contributed by atoms with Gasteiger partial charge in [-0.05, 0) is 12.1 Å². The third-order valence-corrected chi connectivity index (χ3v) is 1.19. The molecule has 0 atom stereocenters. The van der Waals surface area contributed by atoms with E-state index in [1.165, 1.54) is 0 Å². The molecule has 1 aromatic heterocycles. The zero-order valence-electron chi connectivity index (χ0n) is 6.46. The number of anilines is 1. The number of rotatable bonds is 0. The fraction of sp³-hybridized carbons (Fsp3) is 0.222. The molecule has 1 heterocycles. The van der Waals surface area contributed by atoms with Crippen LogP contribution in [0, 0.1) is 11.8 Å². The Labute approximate surface area is 66.4 Å². The van der Waals surface area contributed by atoms with Crippen LogP contribution in [0.15, 0.2) is 18.3 Å². The highest BCUT2D eigenvalue weighted by molar-refractivity contribution is 5.41. The van der Waals surface area contributed by atoms with E-state index < -0.39 is 0 Å². The number of pyridine rings is 1. The van der Waals surface area contributed by atoms with Crippen LogP contribution < -0.4 is 5.73 Å². The molecule has 2 N–H and O–H groups in total. The summed E-state index contributed by atoms with van der Waals surface area (Å²) >= 11 is 0. The fourth-order valence-electron chi connectivity index (χ4n) is 0.717. The maximum absolute atomic E-state index is 5.45. The van der Waals surface area contributed by atoms with Crippen molar-refractivity contribution in [2.75, 3.05) is 5.73 Å². The predicted octanol–water partition coefficient (Wildman–Crippen LogP) is 1.43. The van der Waals surface area contributed by atoms with E-state index in [1.807, 2.05) is 13.0 Å². The molecule has 0 aromatic carbocycles. The van der Waals surface area contributed by atoms with Crippen LogP contribution in [0.25, 0.3) is 0 Å². The summed E-state index contributed by atoms with van der Waals surface area (Å²) in [5.74, 6) is 6.44. The van der Waals surface area contributed by atoms with Gasteiger partial charge in [0.15, 0.2) is 0 Å². The minimum atomic E-state index is 0.521. The first-order chi connectivity index (χ1) is 5.33. The molecule has 0 aliphatic heterocycles. The molecule has 0 fully saturated rings. The van der Waals surface area contributed by atoms with Gasteiger partial charge in [0.1, 0.15) is 5.82 Å². The van der Waals surface area contributed by atoms with Crippen LogP contribution in [0.5, 0.6) is 0 Å². The Morgan fingerprint density at radius 2 is 2.45 bits per heavy atom. The molecule has 56 valence electrons. The highest BCUT2D eigenvalue weighted by atomic mass is 14.8. The Morgan fingerprint density at radius 1 is 1.64 bits per heavy atom. The summed E-state index contributed by atoms with van der Waals surface area (Å²) in [6.07, 6.45) is 2.53. The summed E-state index contributed by atoms with van der Waals surface area (Å²) in [6.45, 7) is 2.01. The van der Waals surface area contributed by atoms with Crippen LogP contribution >= 0.6 is 0 Å². The smallest absolute Gasteiger partial charge is 0.124 e. The second kappa shape index (κ2) is 3.62. The zero-order chi connectivity index (χ0) is 8.10. The summed E-state index contributed by atoms with van der Waals surface area (Å²) in [6, 6.07) is 3.61. The van der Waals surface area contributed by atoms with Gasteiger partial charge in [0, 0.05) is 18.2 Å². The molecule has 0 aliphatic rings. The van der Waals surface area contributed by atoms with Gasteiger partial charge in [-0.3, -0.25) is 0 Å². The molecule has 0 amide bonds. The van der Waals surface area contributed by atoms with Crippen LogP contribution in [-0.2, 0) is 0 Å². The van der Waals surface area contributed by atoms with Crippen LogP contribution in [0.1, 0.15) is 18.9 Å². The molecule has 2 nitrogen and oxygen atoms in total. The quantitative estimate of drug-likeness (QED) is 0.562. The molecule has 0 aliphatic carbocycles. The average molecular weight is 146 g/mol. The van der Waals surface area contributed by atoms with E-state index in [0.717, 1.165) is 12.0 Å². The van der Waals surface area contributed by atoms with Gasteiger partial charge in [0.2, 0.25) is 0 Å². The maximum atomic E-state index is 5.45. The van der Waals surface area contributed by atoms with Crippen molar-refractivity contribution in [1.29, 1.82) is 0 Å². The van der Waals surface area contributed by atoms with Crippen LogP contribution in [0.4, 0.5) is 5.82 Å². The van der Waals surface area contributed by atoms with Crippen LogP contribution in [0.2, 0.25) is 0 Å². The third-order valence-electron chi connectivity index (χ3n) is 1.19. The summed E-state index contributed by atoms with van der Waals surface area (Å²) in [5, 5.41) is 0. The summed E-state index contributed by atoms with van der Waals surface area (Å²) in [4.78, 5) is 3.86. The van der Waals surface area contributed by atoms with Gasteiger partial charge < -0.3 is 5.73 Å². The predicted molar refractivity (Wildman–Crippen MR) is 45.8 cm³/mol. The Kier molecular flexibility index (Phi) is 2.51. The Hall–Kier alpha value is -1.49. The fourth-order valence-corrected chi connectivity index (χ4v) is 0.717. The molecule has 0 bridgehead atoms. The van der Waals surface area contributed by atoms with Gasteiger partial charge in [-0.25, -0.2) is 4.98 Å². The van der Waals surface area contributed by atoms with E-state index in [2.05, 4.69) is 16.8 Å². The second-order valence-corrected chi connectivity index (χ2v) is 2.12. The van der Waals surface area contributed by atoms with E-state index in [1.54, 1.807) is 12.3 Å². The van der Waals surface area contributed by atoms with Gasteiger partial charge in [-0.1, -0.05) is 18.8 Å². The molecule has 1 aromatic rings. The summed E-state index contributed by atoms with van der Waals surface area (Å²) < 4.78 is 0. The van der Waals surface area contributed by atoms with Crippen molar-refractivity contribution in [2.45, 2.75) is 13.3 Å². The van der Waals surface area contributed by atoms with E-state index in [-0.39, 0.29) is 0 Å². The topological polar surface area (TPSA) is 38.9 Å². The lowest BCUT2D eigenvalue weighted by Crippen LogP contribution is -1.88. The molecular formula is C9H10N2. The summed E-state index contributed by atoms with van der Waals surface area (Å²) in [7, 11) is 0. The number of nitrogens with two attached hydrogens (primary N) is 1. The van der Waals surface area contributed by atoms with Gasteiger partial charge in [-0.15, -0.1) is 0 Å². The van der Waals surface area contributed by atoms with Crippen molar-refractivity contribution in [2.24, 2.45) is 0 Å². The largest absolute Gasteiger partial charge is 0.384 e. The van der Waals surface area contributed by atoms with Crippen molar-refractivity contribution in [3.05, 3.63) is 23.9 Å². The molecule has 0 radical (unpaired) electrons. The van der Waals surface area contributed by atoms with E-state index in [0.29, 0.717) is 5.82 Å². The Balaban J connectivity index is 2.87. The van der Waals surface area contributed by atoms with Gasteiger partial charge >= 0.3 is 0 Å². The molecule has 1 rings (SSSR count). The first-order valence-corrected chi connectivity index (χ1v) is 3.53. The SMILES string of the molecule is CCC#Cc1ccnc(N)c1. The standard InChI is InChI=1S/C9H10N2/c1-2-3-4-8-5-6-11-9(10)7-8/h5-7H,2H2,1H3,(H2,10,11). The van der Waals surface area contributed by atoms with Gasteiger partial charge in [0.25, 0.3) is 0 Å². The lowest BCUT2D eigenvalue weighted by Gasteiger charge is -1.90. The molecule has 11 heavy (non-hydrogen) atoms. The van der Waals surface area contributed by atoms with Crippen molar-refractivity contribution in [3.8, 4) is 11.8 Å². The second-order valence-electron chi connectivity index (χ2n) is 2.12.